The lowest BCUT2D eigenvalue weighted by molar-refractivity contribution is 0.545. The van der Waals surface area contributed by atoms with Crippen LogP contribution in [0.2, 0.25) is 5.02 Å². The minimum atomic E-state index is -0.702. The Bertz CT molecular complexity index is 303. The van der Waals surface area contributed by atoms with Gasteiger partial charge in [-0.05, 0) is 23.1 Å². The summed E-state index contributed by atoms with van der Waals surface area (Å²) in [6, 6.07) is 2.54. The highest BCUT2D eigenvalue weighted by Crippen LogP contribution is 2.28. The molecule has 1 aromatic carbocycles. The van der Waals surface area contributed by atoms with Gasteiger partial charge in [-0.1, -0.05) is 32.4 Å². The molecule has 0 saturated carbocycles. The van der Waals surface area contributed by atoms with E-state index in [1.54, 1.807) is 0 Å². The zero-order valence-electron chi connectivity index (χ0n) is 7.79. The Hall–Kier alpha value is -0.630. The van der Waals surface area contributed by atoms with E-state index in [1.165, 1.54) is 12.1 Å². The quantitative estimate of drug-likeness (QED) is 0.562. The highest BCUT2D eigenvalue weighted by atomic mass is 35.5. The Morgan fingerprint density at radius 2 is 1.46 bits per heavy atom. The lowest BCUT2D eigenvalue weighted by atomic mass is 9.87. The summed E-state index contributed by atoms with van der Waals surface area (Å²) in [5.41, 5.74) is 0.332. The van der Waals surface area contributed by atoms with Gasteiger partial charge in [-0.2, -0.15) is 0 Å². The molecule has 0 aliphatic heterocycles. The zero-order valence-corrected chi connectivity index (χ0v) is 8.54. The number of hydrogen-bond acceptors (Lipinski definition) is 0. The Morgan fingerprint density at radius 3 is 1.77 bits per heavy atom. The number of rotatable bonds is 0. The van der Waals surface area contributed by atoms with E-state index in [-0.39, 0.29) is 5.41 Å². The average molecular weight is 205 g/mol. The second-order valence-corrected chi connectivity index (χ2v) is 4.38. The molecule has 13 heavy (non-hydrogen) atoms. The van der Waals surface area contributed by atoms with Crippen molar-refractivity contribution in [2.45, 2.75) is 26.2 Å². The highest BCUT2D eigenvalue weighted by Gasteiger charge is 2.18. The fraction of sp³-hybridized carbons (Fsp3) is 0.400. The summed E-state index contributed by atoms with van der Waals surface area (Å²) >= 11 is 5.35. The van der Waals surface area contributed by atoms with Gasteiger partial charge >= 0.3 is 0 Å². The SMILES string of the molecule is CC(C)(C)c1cc(F)c(Cl)c(F)c1. The van der Waals surface area contributed by atoms with Gasteiger partial charge in [0.1, 0.15) is 16.7 Å². The first-order valence-corrected chi connectivity index (χ1v) is 4.35. The van der Waals surface area contributed by atoms with Gasteiger partial charge in [-0.15, -0.1) is 0 Å². The molecule has 1 rings (SSSR count). The van der Waals surface area contributed by atoms with Crippen LogP contribution in [0, 0.1) is 11.6 Å². The molecule has 0 aliphatic carbocycles. The fourth-order valence-corrected chi connectivity index (χ4v) is 1.10. The third-order valence-electron chi connectivity index (χ3n) is 1.85. The van der Waals surface area contributed by atoms with Gasteiger partial charge in [0, 0.05) is 0 Å². The first-order chi connectivity index (χ1) is 5.82. The summed E-state index contributed by atoms with van der Waals surface area (Å²) in [6.45, 7) is 5.65. The molecule has 72 valence electrons. The molecule has 3 heteroatoms. The van der Waals surface area contributed by atoms with E-state index in [1.807, 2.05) is 20.8 Å². The van der Waals surface area contributed by atoms with Crippen LogP contribution >= 0.6 is 11.6 Å². The molecule has 1 aromatic rings. The molecule has 0 N–H and O–H groups in total. The molecule has 0 atom stereocenters. The topological polar surface area (TPSA) is 0 Å². The Morgan fingerprint density at radius 1 is 1.08 bits per heavy atom. The fourth-order valence-electron chi connectivity index (χ4n) is 0.989. The molecule has 0 bridgehead atoms. The minimum absolute atomic E-state index is 0.272. The van der Waals surface area contributed by atoms with E-state index >= 15 is 0 Å². The van der Waals surface area contributed by atoms with Crippen LogP contribution in [-0.4, -0.2) is 0 Å². The Balaban J connectivity index is 3.29. The molecular formula is C10H11ClF2. The molecule has 0 saturated heterocycles. The van der Waals surface area contributed by atoms with Crippen molar-refractivity contribution >= 4 is 11.6 Å². The van der Waals surface area contributed by atoms with E-state index in [0.29, 0.717) is 5.56 Å². The van der Waals surface area contributed by atoms with Crippen LogP contribution in [-0.2, 0) is 5.41 Å². The van der Waals surface area contributed by atoms with Crippen LogP contribution in [0.4, 0.5) is 8.78 Å². The number of hydrogen-bond donors (Lipinski definition) is 0. The van der Waals surface area contributed by atoms with Gasteiger partial charge in [0.05, 0.1) is 0 Å². The van der Waals surface area contributed by atoms with Crippen molar-refractivity contribution in [1.29, 1.82) is 0 Å². The highest BCUT2D eigenvalue weighted by molar-refractivity contribution is 6.30. The largest absolute Gasteiger partial charge is 0.205 e. The first-order valence-electron chi connectivity index (χ1n) is 3.97. The van der Waals surface area contributed by atoms with Crippen LogP contribution in [0.25, 0.3) is 0 Å². The summed E-state index contributed by atoms with van der Waals surface area (Å²) in [5.74, 6) is -1.40. The Labute approximate surface area is 81.5 Å². The van der Waals surface area contributed by atoms with E-state index in [4.69, 9.17) is 11.6 Å². The van der Waals surface area contributed by atoms with Crippen molar-refractivity contribution in [2.24, 2.45) is 0 Å². The lowest BCUT2D eigenvalue weighted by Crippen LogP contribution is -2.12. The van der Waals surface area contributed by atoms with Gasteiger partial charge < -0.3 is 0 Å². The van der Waals surface area contributed by atoms with Gasteiger partial charge in [0.2, 0.25) is 0 Å². The van der Waals surface area contributed by atoms with Crippen LogP contribution < -0.4 is 0 Å². The van der Waals surface area contributed by atoms with Crippen molar-refractivity contribution in [3.63, 3.8) is 0 Å². The summed E-state index contributed by atoms with van der Waals surface area (Å²) in [5, 5.41) is -0.437. The van der Waals surface area contributed by atoms with E-state index in [0.717, 1.165) is 0 Å². The van der Waals surface area contributed by atoms with Crippen LogP contribution in [0.1, 0.15) is 26.3 Å². The molecule has 0 amide bonds. The first kappa shape index (κ1) is 10.5. The van der Waals surface area contributed by atoms with Crippen molar-refractivity contribution < 1.29 is 8.78 Å². The summed E-state index contributed by atoms with van der Waals surface area (Å²) in [4.78, 5) is 0. The summed E-state index contributed by atoms with van der Waals surface area (Å²) < 4.78 is 26.0. The van der Waals surface area contributed by atoms with Crippen molar-refractivity contribution in [3.05, 3.63) is 34.4 Å². The molecule has 0 spiro atoms. The maximum Gasteiger partial charge on any atom is 0.145 e. The third-order valence-corrected chi connectivity index (χ3v) is 2.21. The predicted octanol–water partition coefficient (Wildman–Crippen LogP) is 3.92. The molecule has 0 nitrogen and oxygen atoms in total. The Kier molecular flexibility index (Phi) is 2.62. The van der Waals surface area contributed by atoms with Crippen molar-refractivity contribution in [1.82, 2.24) is 0 Å². The average Bonchev–Trinajstić information content (AvgIpc) is 1.97. The molecule has 0 aliphatic rings. The van der Waals surface area contributed by atoms with Gasteiger partial charge in [-0.25, -0.2) is 8.78 Å². The van der Waals surface area contributed by atoms with Gasteiger partial charge in [0.15, 0.2) is 0 Å². The molecule has 0 heterocycles. The molecule has 0 unspecified atom stereocenters. The predicted molar refractivity (Wildman–Crippen MR) is 50.1 cm³/mol. The molecule has 0 aromatic heterocycles. The van der Waals surface area contributed by atoms with Crippen LogP contribution in [0.5, 0.6) is 0 Å². The second-order valence-electron chi connectivity index (χ2n) is 4.00. The molecule has 0 radical (unpaired) electrons. The molecule has 0 fully saturated rings. The standard InChI is InChI=1S/C10H11ClF2/c1-10(2,3)6-4-7(12)9(11)8(13)5-6/h4-5H,1-3H3. The van der Waals surface area contributed by atoms with E-state index in [9.17, 15) is 8.78 Å². The second kappa shape index (κ2) is 3.26. The van der Waals surface area contributed by atoms with Crippen LogP contribution in [0.3, 0.4) is 0 Å². The minimum Gasteiger partial charge on any atom is -0.205 e. The monoisotopic (exact) mass is 204 g/mol. The maximum atomic E-state index is 13.0. The van der Waals surface area contributed by atoms with E-state index in [2.05, 4.69) is 0 Å². The summed E-state index contributed by atoms with van der Waals surface area (Å²) in [6.07, 6.45) is 0. The van der Waals surface area contributed by atoms with Crippen molar-refractivity contribution in [3.8, 4) is 0 Å². The van der Waals surface area contributed by atoms with Crippen molar-refractivity contribution in [2.75, 3.05) is 0 Å². The summed E-state index contributed by atoms with van der Waals surface area (Å²) in [7, 11) is 0. The third kappa shape index (κ3) is 2.19. The van der Waals surface area contributed by atoms with Crippen LogP contribution in [0.15, 0.2) is 12.1 Å². The molecular weight excluding hydrogens is 194 g/mol. The maximum absolute atomic E-state index is 13.0. The van der Waals surface area contributed by atoms with Gasteiger partial charge in [0.25, 0.3) is 0 Å². The zero-order chi connectivity index (χ0) is 10.2. The lowest BCUT2D eigenvalue weighted by Gasteiger charge is -2.19. The van der Waals surface area contributed by atoms with Gasteiger partial charge in [-0.3, -0.25) is 0 Å². The smallest absolute Gasteiger partial charge is 0.145 e. The number of halogens is 3. The normalized spacial score (nSPS) is 11.8. The van der Waals surface area contributed by atoms with E-state index < -0.39 is 16.7 Å². The number of benzene rings is 1.